The van der Waals surface area contributed by atoms with Gasteiger partial charge in [0.1, 0.15) is 0 Å². The quantitative estimate of drug-likeness (QED) is 0.674. The molecule has 0 unspecified atom stereocenters. The molecule has 2 aromatic rings. The molecule has 0 spiro atoms. The van der Waals surface area contributed by atoms with Crippen LogP contribution in [0.1, 0.15) is 13.0 Å². The van der Waals surface area contributed by atoms with Crippen LogP contribution in [0.15, 0.2) is 36.7 Å². The zero-order valence-electron chi connectivity index (χ0n) is 11.0. The average molecular weight is 297 g/mol. The van der Waals surface area contributed by atoms with Gasteiger partial charge in [0.15, 0.2) is 29.4 Å². The Hall–Kier alpha value is -2.57. The summed E-state index contributed by atoms with van der Waals surface area (Å²) in [6, 6.07) is 3.82. The molecule has 1 atom stereocenters. The summed E-state index contributed by atoms with van der Waals surface area (Å²) in [5.74, 6) is -5.13. The number of amides is 1. The van der Waals surface area contributed by atoms with Crippen LogP contribution in [0.2, 0.25) is 0 Å². The second kappa shape index (κ2) is 5.82. The number of pyridine rings is 1. The van der Waals surface area contributed by atoms with Gasteiger partial charge >= 0.3 is 0 Å². The first-order valence-electron chi connectivity index (χ1n) is 6.04. The van der Waals surface area contributed by atoms with Crippen molar-refractivity contribution in [2.75, 3.05) is 5.32 Å². The number of hydrogen-bond donors (Lipinski definition) is 2. The molecule has 0 saturated heterocycles. The summed E-state index contributed by atoms with van der Waals surface area (Å²) >= 11 is 0. The minimum absolute atomic E-state index is 0.0452. The van der Waals surface area contributed by atoms with Crippen molar-refractivity contribution in [1.29, 1.82) is 0 Å². The van der Waals surface area contributed by atoms with Gasteiger partial charge in [-0.25, -0.2) is 13.2 Å². The largest absolute Gasteiger partial charge is 0.503 e. The predicted molar refractivity (Wildman–Crippen MR) is 68.0 cm³/mol. The number of rotatable bonds is 3. The Morgan fingerprint density at radius 1 is 1.24 bits per heavy atom. The summed E-state index contributed by atoms with van der Waals surface area (Å²) in [4.78, 5) is 12.0. The topological polar surface area (TPSA) is 53.2 Å². The van der Waals surface area contributed by atoms with Crippen LogP contribution >= 0.6 is 0 Å². The number of aromatic nitrogens is 1. The van der Waals surface area contributed by atoms with Gasteiger partial charge in [0.25, 0.3) is 5.91 Å². The van der Waals surface area contributed by atoms with E-state index in [1.165, 1.54) is 36.0 Å². The lowest BCUT2D eigenvalue weighted by atomic mass is 10.2. The molecule has 1 aromatic carbocycles. The van der Waals surface area contributed by atoms with E-state index in [0.717, 1.165) is 12.1 Å². The lowest BCUT2D eigenvalue weighted by Crippen LogP contribution is -2.44. The van der Waals surface area contributed by atoms with Gasteiger partial charge in [-0.05, 0) is 18.2 Å². The molecule has 0 fully saturated rings. The van der Waals surface area contributed by atoms with Crippen LogP contribution in [-0.2, 0) is 4.79 Å². The summed E-state index contributed by atoms with van der Waals surface area (Å²) < 4.78 is 40.8. The van der Waals surface area contributed by atoms with E-state index in [2.05, 4.69) is 5.32 Å². The van der Waals surface area contributed by atoms with E-state index in [1.54, 1.807) is 0 Å². The molecule has 4 nitrogen and oxygen atoms in total. The first-order chi connectivity index (χ1) is 9.90. The molecule has 0 saturated carbocycles. The van der Waals surface area contributed by atoms with Crippen LogP contribution in [0, 0.1) is 17.5 Å². The first-order valence-corrected chi connectivity index (χ1v) is 6.04. The van der Waals surface area contributed by atoms with E-state index in [9.17, 15) is 23.1 Å². The fourth-order valence-corrected chi connectivity index (χ4v) is 1.72. The van der Waals surface area contributed by atoms with Crippen molar-refractivity contribution in [2.24, 2.45) is 0 Å². The minimum atomic E-state index is -1.65. The van der Waals surface area contributed by atoms with Crippen molar-refractivity contribution in [3.8, 4) is 5.75 Å². The molecule has 0 aliphatic rings. The first kappa shape index (κ1) is 14.8. The molecule has 21 heavy (non-hydrogen) atoms. The van der Waals surface area contributed by atoms with Crippen molar-refractivity contribution in [3.63, 3.8) is 0 Å². The fraction of sp³-hybridized carbons (Fsp3) is 0.143. The summed E-state index contributed by atoms with van der Waals surface area (Å²) in [5.41, 5.74) is -0.452. The number of hydrogen-bond acceptors (Lipinski definition) is 2. The second-order valence-corrected chi connectivity index (χ2v) is 4.40. The third-order valence-corrected chi connectivity index (χ3v) is 2.93. The molecule has 7 heteroatoms. The van der Waals surface area contributed by atoms with Gasteiger partial charge in [0.05, 0.1) is 5.69 Å². The standard InChI is InChI=1S/C14H11F3N2O2/c1-8(19-6-2-3-9(20)7-19)14(21)18-11-5-4-10(15)12(16)13(11)17/h2-8H,1H3,(H-,18,20,21)/p+1/t8-/m0/s1. The van der Waals surface area contributed by atoms with Crippen LogP contribution in [0.25, 0.3) is 0 Å². The highest BCUT2D eigenvalue weighted by atomic mass is 19.2. The highest BCUT2D eigenvalue weighted by Gasteiger charge is 2.24. The zero-order valence-corrected chi connectivity index (χ0v) is 11.0. The van der Waals surface area contributed by atoms with Gasteiger partial charge in [0, 0.05) is 13.0 Å². The Labute approximate surface area is 118 Å². The summed E-state index contributed by atoms with van der Waals surface area (Å²) in [6.07, 6.45) is 2.84. The van der Waals surface area contributed by atoms with Gasteiger partial charge in [-0.3, -0.25) is 4.79 Å². The maximum atomic E-state index is 13.5. The van der Waals surface area contributed by atoms with Crippen molar-refractivity contribution in [1.82, 2.24) is 0 Å². The van der Waals surface area contributed by atoms with Gasteiger partial charge in [0.2, 0.25) is 12.2 Å². The maximum Gasteiger partial charge on any atom is 0.293 e. The van der Waals surface area contributed by atoms with Gasteiger partial charge in [-0.1, -0.05) is 0 Å². The summed E-state index contributed by atoms with van der Waals surface area (Å²) in [5, 5.41) is 11.5. The number of carbonyl (C=O) groups is 1. The molecule has 110 valence electrons. The Bertz CT molecular complexity index is 692. The molecule has 0 bridgehead atoms. The second-order valence-electron chi connectivity index (χ2n) is 4.40. The zero-order chi connectivity index (χ0) is 15.6. The van der Waals surface area contributed by atoms with Crippen LogP contribution < -0.4 is 9.88 Å². The average Bonchev–Trinajstić information content (AvgIpc) is 2.47. The Kier molecular flexibility index (Phi) is 4.11. The number of nitrogens with one attached hydrogen (secondary N) is 1. The van der Waals surface area contributed by atoms with Crippen molar-refractivity contribution in [3.05, 3.63) is 54.1 Å². The molecule has 2 N–H and O–H groups in total. The number of benzene rings is 1. The Morgan fingerprint density at radius 2 is 1.95 bits per heavy atom. The van der Waals surface area contributed by atoms with Crippen molar-refractivity contribution in [2.45, 2.75) is 13.0 Å². The van der Waals surface area contributed by atoms with E-state index in [1.807, 2.05) is 0 Å². The smallest absolute Gasteiger partial charge is 0.293 e. The Balaban J connectivity index is 2.20. The van der Waals surface area contributed by atoms with Crippen LogP contribution in [0.3, 0.4) is 0 Å². The van der Waals surface area contributed by atoms with E-state index >= 15 is 0 Å². The van der Waals surface area contributed by atoms with Crippen LogP contribution in [-0.4, -0.2) is 11.0 Å². The molecule has 0 aliphatic heterocycles. The molecule has 0 radical (unpaired) electrons. The van der Waals surface area contributed by atoms with Crippen LogP contribution in [0.4, 0.5) is 18.9 Å². The fourth-order valence-electron chi connectivity index (χ4n) is 1.72. The Morgan fingerprint density at radius 3 is 2.62 bits per heavy atom. The van der Waals surface area contributed by atoms with Gasteiger partial charge in [-0.2, -0.15) is 4.57 Å². The molecule has 1 heterocycles. The van der Waals surface area contributed by atoms with Crippen LogP contribution in [0.5, 0.6) is 5.75 Å². The maximum absolute atomic E-state index is 13.5. The van der Waals surface area contributed by atoms with Crippen molar-refractivity contribution < 1.29 is 27.6 Å². The minimum Gasteiger partial charge on any atom is -0.503 e. The summed E-state index contributed by atoms with van der Waals surface area (Å²) in [6.45, 7) is 1.51. The van der Waals surface area contributed by atoms with Crippen molar-refractivity contribution >= 4 is 11.6 Å². The number of carbonyl (C=O) groups excluding carboxylic acids is 1. The number of nitrogens with zero attached hydrogens (tertiary/aromatic N) is 1. The molecule has 0 aliphatic carbocycles. The summed E-state index contributed by atoms with van der Waals surface area (Å²) in [7, 11) is 0. The van der Waals surface area contributed by atoms with Gasteiger partial charge in [-0.15, -0.1) is 0 Å². The molecular formula is C14H12F3N2O2+. The third kappa shape index (κ3) is 3.13. The van der Waals surface area contributed by atoms with E-state index in [4.69, 9.17) is 0 Å². The number of aromatic hydroxyl groups is 1. The normalized spacial score (nSPS) is 12.0. The number of halogens is 3. The highest BCUT2D eigenvalue weighted by Crippen LogP contribution is 2.20. The lowest BCUT2D eigenvalue weighted by Gasteiger charge is -2.10. The van der Waals surface area contributed by atoms with Gasteiger partial charge < -0.3 is 10.4 Å². The monoisotopic (exact) mass is 297 g/mol. The predicted octanol–water partition coefficient (Wildman–Crippen LogP) is 2.30. The van der Waals surface area contributed by atoms with E-state index in [-0.39, 0.29) is 5.75 Å². The molecular weight excluding hydrogens is 285 g/mol. The van der Waals surface area contributed by atoms with E-state index in [0.29, 0.717) is 0 Å². The van der Waals surface area contributed by atoms with E-state index < -0.39 is 35.1 Å². The molecule has 2 rings (SSSR count). The lowest BCUT2D eigenvalue weighted by molar-refractivity contribution is -0.705. The number of anilines is 1. The molecule has 1 amide bonds. The third-order valence-electron chi connectivity index (χ3n) is 2.93. The highest BCUT2D eigenvalue weighted by molar-refractivity contribution is 5.92. The molecule has 1 aromatic heterocycles. The SMILES string of the molecule is C[C@@H](C(=O)Nc1ccc(F)c(F)c1F)[n+]1cccc(O)c1.